The van der Waals surface area contributed by atoms with Crippen LogP contribution >= 0.6 is 0 Å². The van der Waals surface area contributed by atoms with Crippen LogP contribution in [0.15, 0.2) is 109 Å². The zero-order valence-corrected chi connectivity index (χ0v) is 28.2. The van der Waals surface area contributed by atoms with E-state index in [0.717, 1.165) is 62.5 Å². The van der Waals surface area contributed by atoms with Gasteiger partial charge >= 0.3 is 11.9 Å². The fourth-order valence-electron chi connectivity index (χ4n) is 5.79. The van der Waals surface area contributed by atoms with Gasteiger partial charge in [-0.2, -0.15) is 0 Å². The average molecular weight is 721 g/mol. The Morgan fingerprint density at radius 1 is 0.566 bits per heavy atom. The summed E-state index contributed by atoms with van der Waals surface area (Å²) >= 11 is 0. The standard InChI is InChI=1S/C41H36O12/c42-29(22-52-40(48)26-11-14-34(43)36(45)17-26)21-50-38-16-13-25-6-2-4-8-31(25)33(38)19-32-28(10-9-24-5-1-3-7-30(24)32)20-51-39(47)23-53-41(49)27-12-15-35(44)37(46)18-27/h1-18,29,39,42-47H,19-23H2. The second kappa shape index (κ2) is 16.3. The molecule has 2 unspecified atom stereocenters. The highest BCUT2D eigenvalue weighted by Gasteiger charge is 2.19. The predicted octanol–water partition coefficient (Wildman–Crippen LogP) is 5.69. The van der Waals surface area contributed by atoms with E-state index in [1.165, 1.54) is 12.1 Å². The largest absolute Gasteiger partial charge is 0.504 e. The minimum absolute atomic E-state index is 0.00358. The monoisotopic (exact) mass is 720 g/mol. The van der Waals surface area contributed by atoms with E-state index in [1.54, 1.807) is 0 Å². The van der Waals surface area contributed by atoms with Crippen LogP contribution in [0.5, 0.6) is 28.7 Å². The van der Waals surface area contributed by atoms with Crippen LogP contribution in [0.2, 0.25) is 0 Å². The first kappa shape index (κ1) is 36.5. The van der Waals surface area contributed by atoms with Gasteiger partial charge in [0.2, 0.25) is 0 Å². The molecule has 12 heteroatoms. The van der Waals surface area contributed by atoms with Crippen LogP contribution in [0.25, 0.3) is 21.5 Å². The predicted molar refractivity (Wildman–Crippen MR) is 193 cm³/mol. The lowest BCUT2D eigenvalue weighted by molar-refractivity contribution is -0.134. The van der Waals surface area contributed by atoms with Crippen molar-refractivity contribution >= 4 is 33.5 Å². The molecule has 0 aromatic heterocycles. The Labute approximate surface area is 303 Å². The number of phenols is 4. The van der Waals surface area contributed by atoms with Crippen molar-refractivity contribution in [1.82, 2.24) is 0 Å². The highest BCUT2D eigenvalue weighted by Crippen LogP contribution is 2.34. The van der Waals surface area contributed by atoms with Crippen molar-refractivity contribution in [2.75, 3.05) is 19.8 Å². The van der Waals surface area contributed by atoms with E-state index >= 15 is 0 Å². The number of fused-ring (bicyclic) bond motifs is 2. The number of hydrogen-bond acceptors (Lipinski definition) is 12. The maximum absolute atomic E-state index is 12.4. The fraction of sp³-hybridized carbons (Fsp3) is 0.171. The number of benzene rings is 6. The number of aliphatic hydroxyl groups is 2. The van der Waals surface area contributed by atoms with Crippen LogP contribution in [0.4, 0.5) is 0 Å². The summed E-state index contributed by atoms with van der Waals surface area (Å²) in [6.07, 6.45) is -2.31. The summed E-state index contributed by atoms with van der Waals surface area (Å²) in [6.45, 7) is -1.12. The first-order chi connectivity index (χ1) is 25.6. The molecule has 0 radical (unpaired) electrons. The molecule has 0 fully saturated rings. The zero-order chi connectivity index (χ0) is 37.5. The van der Waals surface area contributed by atoms with Crippen LogP contribution in [-0.4, -0.2) is 74.8 Å². The van der Waals surface area contributed by atoms with Gasteiger partial charge in [-0.05, 0) is 75.1 Å². The summed E-state index contributed by atoms with van der Waals surface area (Å²) in [7, 11) is 0. The smallest absolute Gasteiger partial charge is 0.338 e. The molecule has 0 bridgehead atoms. The van der Waals surface area contributed by atoms with E-state index in [0.29, 0.717) is 12.2 Å². The zero-order valence-electron chi connectivity index (χ0n) is 28.2. The number of carbonyl (C=O) groups excluding carboxylic acids is 2. The molecule has 6 aromatic rings. The lowest BCUT2D eigenvalue weighted by Crippen LogP contribution is -2.25. The molecular weight excluding hydrogens is 684 g/mol. The third-order valence-corrected chi connectivity index (χ3v) is 8.54. The van der Waals surface area contributed by atoms with Crippen LogP contribution in [0, 0.1) is 0 Å². The third kappa shape index (κ3) is 8.76. The van der Waals surface area contributed by atoms with Gasteiger partial charge < -0.3 is 49.6 Å². The van der Waals surface area contributed by atoms with Gasteiger partial charge in [-0.15, -0.1) is 0 Å². The Morgan fingerprint density at radius 2 is 1.11 bits per heavy atom. The maximum atomic E-state index is 12.4. The molecule has 0 aliphatic rings. The molecule has 0 saturated carbocycles. The van der Waals surface area contributed by atoms with Gasteiger partial charge in [0.05, 0.1) is 17.7 Å². The van der Waals surface area contributed by atoms with Crippen LogP contribution in [0.3, 0.4) is 0 Å². The van der Waals surface area contributed by atoms with E-state index in [-0.39, 0.29) is 42.4 Å². The molecule has 272 valence electrons. The molecule has 0 saturated heterocycles. The molecule has 6 N–H and O–H groups in total. The van der Waals surface area contributed by atoms with Crippen molar-refractivity contribution in [2.45, 2.75) is 25.4 Å². The number of aliphatic hydroxyl groups excluding tert-OH is 2. The number of aromatic hydroxyl groups is 4. The molecule has 0 amide bonds. The van der Waals surface area contributed by atoms with Gasteiger partial charge in [-0.3, -0.25) is 0 Å². The molecule has 12 nitrogen and oxygen atoms in total. The summed E-state index contributed by atoms with van der Waals surface area (Å²) < 4.78 is 22.2. The Hall–Kier alpha value is -6.34. The summed E-state index contributed by atoms with van der Waals surface area (Å²) in [5.74, 6) is -2.84. The van der Waals surface area contributed by atoms with Crippen molar-refractivity contribution < 1.29 is 59.2 Å². The number of rotatable bonds is 14. The van der Waals surface area contributed by atoms with Gasteiger partial charge in [0.25, 0.3) is 0 Å². The van der Waals surface area contributed by atoms with Gasteiger partial charge in [-0.1, -0.05) is 66.7 Å². The van der Waals surface area contributed by atoms with E-state index in [1.807, 2.05) is 72.8 Å². The highest BCUT2D eigenvalue weighted by molar-refractivity contribution is 5.92. The van der Waals surface area contributed by atoms with Gasteiger partial charge in [-0.25, -0.2) is 9.59 Å². The third-order valence-electron chi connectivity index (χ3n) is 8.54. The Kier molecular flexibility index (Phi) is 11.2. The Morgan fingerprint density at radius 3 is 1.72 bits per heavy atom. The van der Waals surface area contributed by atoms with E-state index in [4.69, 9.17) is 18.9 Å². The second-order valence-electron chi connectivity index (χ2n) is 12.2. The topological polar surface area (TPSA) is 192 Å². The van der Waals surface area contributed by atoms with E-state index in [9.17, 15) is 40.2 Å². The summed E-state index contributed by atoms with van der Waals surface area (Å²) in [5, 5.41) is 63.4. The minimum atomic E-state index is -1.48. The van der Waals surface area contributed by atoms with Crippen molar-refractivity contribution in [2.24, 2.45) is 0 Å². The molecule has 0 aliphatic carbocycles. The normalized spacial score (nSPS) is 12.3. The van der Waals surface area contributed by atoms with Crippen LogP contribution in [-0.2, 0) is 27.2 Å². The van der Waals surface area contributed by atoms with Crippen molar-refractivity contribution in [3.05, 3.63) is 137 Å². The first-order valence-corrected chi connectivity index (χ1v) is 16.6. The SMILES string of the molecule is O=C(OCC(O)COc1ccc2ccccc2c1Cc1c(COC(O)COC(=O)c2ccc(O)c(O)c2)ccc2ccccc12)c1ccc(O)c(O)c1. The fourth-order valence-corrected chi connectivity index (χ4v) is 5.79. The van der Waals surface area contributed by atoms with Crippen molar-refractivity contribution in [1.29, 1.82) is 0 Å². The quantitative estimate of drug-likeness (QED) is 0.0458. The first-order valence-electron chi connectivity index (χ1n) is 16.6. The molecular formula is C41H36O12. The Balaban J connectivity index is 1.18. The molecule has 53 heavy (non-hydrogen) atoms. The van der Waals surface area contributed by atoms with Gasteiger partial charge in [0.1, 0.15) is 31.7 Å². The van der Waals surface area contributed by atoms with E-state index < -0.39 is 42.4 Å². The number of phenolic OH excluding ortho intramolecular Hbond substituents is 4. The lowest BCUT2D eigenvalue weighted by atomic mass is 9.91. The van der Waals surface area contributed by atoms with Gasteiger partial charge in [0.15, 0.2) is 29.3 Å². The summed E-state index contributed by atoms with van der Waals surface area (Å²) in [5.41, 5.74) is 2.45. The molecule has 6 rings (SSSR count). The van der Waals surface area contributed by atoms with Crippen molar-refractivity contribution in [3.63, 3.8) is 0 Å². The number of ether oxygens (including phenoxy) is 4. The number of hydrogen-bond donors (Lipinski definition) is 6. The molecule has 0 aliphatic heterocycles. The van der Waals surface area contributed by atoms with Crippen LogP contribution in [0.1, 0.15) is 37.4 Å². The Bertz CT molecular complexity index is 2110. The average Bonchev–Trinajstić information content (AvgIpc) is 3.17. The minimum Gasteiger partial charge on any atom is -0.504 e. The molecule has 0 heterocycles. The maximum Gasteiger partial charge on any atom is 0.338 e. The van der Waals surface area contributed by atoms with Crippen LogP contribution < -0.4 is 4.74 Å². The molecule has 0 spiro atoms. The second-order valence-corrected chi connectivity index (χ2v) is 12.2. The van der Waals surface area contributed by atoms with Gasteiger partial charge in [0, 0.05) is 12.0 Å². The lowest BCUT2D eigenvalue weighted by Gasteiger charge is -2.20. The number of carbonyl (C=O) groups is 2. The molecule has 2 atom stereocenters. The highest BCUT2D eigenvalue weighted by atomic mass is 16.6. The van der Waals surface area contributed by atoms with E-state index in [2.05, 4.69) is 0 Å². The molecule has 6 aromatic carbocycles. The summed E-state index contributed by atoms with van der Waals surface area (Å²) in [4.78, 5) is 24.9. The van der Waals surface area contributed by atoms with Crippen molar-refractivity contribution in [3.8, 4) is 28.7 Å². The number of esters is 2. The summed E-state index contributed by atoms with van der Waals surface area (Å²) in [6, 6.07) is 30.1.